The lowest BCUT2D eigenvalue weighted by atomic mass is 9.86. The van der Waals surface area contributed by atoms with E-state index in [4.69, 9.17) is 5.11 Å². The Morgan fingerprint density at radius 3 is 2.39 bits per heavy atom. The number of aliphatic carboxylic acids is 1. The Labute approximate surface area is 106 Å². The van der Waals surface area contributed by atoms with Gasteiger partial charge in [-0.15, -0.1) is 0 Å². The lowest BCUT2D eigenvalue weighted by molar-refractivity contribution is -0.131. The molecule has 0 fully saturated rings. The van der Waals surface area contributed by atoms with Gasteiger partial charge in [0, 0.05) is 6.08 Å². The van der Waals surface area contributed by atoms with Crippen LogP contribution in [0.5, 0.6) is 0 Å². The van der Waals surface area contributed by atoms with Crippen LogP contribution in [-0.2, 0) is 17.6 Å². The third-order valence-electron chi connectivity index (χ3n) is 3.53. The van der Waals surface area contributed by atoms with Gasteiger partial charge in [-0.1, -0.05) is 42.0 Å². The highest BCUT2D eigenvalue weighted by Gasteiger charge is 2.14. The van der Waals surface area contributed by atoms with Crippen LogP contribution in [0.1, 0.15) is 17.5 Å². The molecule has 2 aromatic rings. The fourth-order valence-corrected chi connectivity index (χ4v) is 2.66. The van der Waals surface area contributed by atoms with Gasteiger partial charge in [-0.05, 0) is 41.2 Å². The predicted octanol–water partition coefficient (Wildman–Crippen LogP) is 3.34. The van der Waals surface area contributed by atoms with Gasteiger partial charge in [-0.3, -0.25) is 0 Å². The van der Waals surface area contributed by atoms with Crippen molar-refractivity contribution in [2.45, 2.75) is 19.3 Å². The summed E-state index contributed by atoms with van der Waals surface area (Å²) in [4.78, 5) is 10.7. The van der Waals surface area contributed by atoms with E-state index in [0.29, 0.717) is 0 Å². The molecule has 0 aliphatic heterocycles. The predicted molar refractivity (Wildman–Crippen MR) is 71.7 cm³/mol. The summed E-state index contributed by atoms with van der Waals surface area (Å²) < 4.78 is 0. The zero-order valence-electron chi connectivity index (χ0n) is 10.0. The second kappa shape index (κ2) is 4.30. The first-order chi connectivity index (χ1) is 8.72. The Morgan fingerprint density at radius 1 is 1.06 bits per heavy atom. The molecule has 2 nitrogen and oxygen atoms in total. The molecule has 0 bridgehead atoms. The van der Waals surface area contributed by atoms with Gasteiger partial charge in [-0.25, -0.2) is 4.79 Å². The highest BCUT2D eigenvalue weighted by molar-refractivity contribution is 5.85. The molecular weight excluding hydrogens is 224 g/mol. The number of carboxylic acids is 1. The molecule has 18 heavy (non-hydrogen) atoms. The number of hydrogen-bond acceptors (Lipinski definition) is 1. The molecule has 1 aliphatic rings. The van der Waals surface area contributed by atoms with Crippen molar-refractivity contribution < 1.29 is 9.90 Å². The van der Waals surface area contributed by atoms with E-state index in [2.05, 4.69) is 24.3 Å². The second-order valence-corrected chi connectivity index (χ2v) is 4.79. The van der Waals surface area contributed by atoms with Gasteiger partial charge in [0.05, 0.1) is 0 Å². The van der Waals surface area contributed by atoms with Gasteiger partial charge in [0.25, 0.3) is 0 Å². The Kier molecular flexibility index (Phi) is 2.63. The summed E-state index contributed by atoms with van der Waals surface area (Å²) in [7, 11) is 0. The Hall–Kier alpha value is -2.09. The minimum atomic E-state index is -0.839. The summed E-state index contributed by atoms with van der Waals surface area (Å²) in [6.07, 6.45) is 3.93. The van der Waals surface area contributed by atoms with Gasteiger partial charge in [-0.2, -0.15) is 0 Å². The molecule has 0 amide bonds. The van der Waals surface area contributed by atoms with E-state index in [0.717, 1.165) is 24.8 Å². The number of aryl methyl sites for hydroxylation is 1. The van der Waals surface area contributed by atoms with Crippen molar-refractivity contribution in [3.05, 3.63) is 59.2 Å². The quantitative estimate of drug-likeness (QED) is 0.774. The molecule has 2 aromatic carbocycles. The van der Waals surface area contributed by atoms with Gasteiger partial charge >= 0.3 is 5.97 Å². The topological polar surface area (TPSA) is 37.3 Å². The largest absolute Gasteiger partial charge is 0.478 e. The van der Waals surface area contributed by atoms with E-state index < -0.39 is 5.97 Å². The molecule has 0 heterocycles. The van der Waals surface area contributed by atoms with Crippen molar-refractivity contribution in [2.24, 2.45) is 0 Å². The van der Waals surface area contributed by atoms with Crippen LogP contribution in [0.25, 0.3) is 10.8 Å². The van der Waals surface area contributed by atoms with Gasteiger partial charge in [0.1, 0.15) is 0 Å². The highest BCUT2D eigenvalue weighted by Crippen LogP contribution is 2.29. The van der Waals surface area contributed by atoms with E-state index in [1.54, 1.807) is 0 Å². The molecule has 0 saturated carbocycles. The summed E-state index contributed by atoms with van der Waals surface area (Å²) in [5.41, 5.74) is 3.65. The van der Waals surface area contributed by atoms with Gasteiger partial charge in [0.15, 0.2) is 0 Å². The van der Waals surface area contributed by atoms with Crippen molar-refractivity contribution in [2.75, 3.05) is 0 Å². The SMILES string of the molecule is O=C(O)/C=C1\CCc2cc3ccccc3cc2C1. The lowest BCUT2D eigenvalue weighted by Gasteiger charge is -2.19. The monoisotopic (exact) mass is 238 g/mol. The number of allylic oxidation sites excluding steroid dienone is 1. The molecule has 0 atom stereocenters. The standard InChI is InChI=1S/C16H14O2/c17-16(18)8-11-5-6-14-9-12-3-1-2-4-13(12)10-15(14)7-11/h1-4,8-10H,5-7H2,(H,17,18)/b11-8+. The average molecular weight is 238 g/mol. The van der Waals surface area contributed by atoms with Gasteiger partial charge < -0.3 is 5.11 Å². The molecule has 1 aliphatic carbocycles. The van der Waals surface area contributed by atoms with E-state index in [-0.39, 0.29) is 0 Å². The highest BCUT2D eigenvalue weighted by atomic mass is 16.4. The number of rotatable bonds is 1. The third-order valence-corrected chi connectivity index (χ3v) is 3.53. The summed E-state index contributed by atoms with van der Waals surface area (Å²) in [6.45, 7) is 0. The molecule has 0 saturated heterocycles. The van der Waals surface area contributed by atoms with Gasteiger partial charge in [0.2, 0.25) is 0 Å². The minimum Gasteiger partial charge on any atom is -0.478 e. The van der Waals surface area contributed by atoms with Crippen LogP contribution in [0.2, 0.25) is 0 Å². The summed E-state index contributed by atoms with van der Waals surface area (Å²) in [6, 6.07) is 12.7. The van der Waals surface area contributed by atoms with E-state index >= 15 is 0 Å². The molecule has 0 aromatic heterocycles. The van der Waals surface area contributed by atoms with Crippen molar-refractivity contribution >= 4 is 16.7 Å². The number of fused-ring (bicyclic) bond motifs is 2. The summed E-state index contributed by atoms with van der Waals surface area (Å²) in [5.74, 6) is -0.839. The maximum absolute atomic E-state index is 10.7. The first-order valence-electron chi connectivity index (χ1n) is 6.15. The molecule has 1 N–H and O–H groups in total. The maximum atomic E-state index is 10.7. The van der Waals surface area contributed by atoms with Crippen LogP contribution < -0.4 is 0 Å². The van der Waals surface area contributed by atoms with Crippen LogP contribution in [-0.4, -0.2) is 11.1 Å². The normalized spacial score (nSPS) is 16.8. The third kappa shape index (κ3) is 2.02. The molecular formula is C16H14O2. The van der Waals surface area contributed by atoms with Crippen molar-refractivity contribution in [3.63, 3.8) is 0 Å². The molecule has 0 unspecified atom stereocenters. The fraction of sp³-hybridized carbons (Fsp3) is 0.188. The van der Waals surface area contributed by atoms with E-state index in [1.165, 1.54) is 28.0 Å². The second-order valence-electron chi connectivity index (χ2n) is 4.79. The zero-order valence-corrected chi connectivity index (χ0v) is 10.0. The van der Waals surface area contributed by atoms with Crippen molar-refractivity contribution in [1.29, 1.82) is 0 Å². The van der Waals surface area contributed by atoms with E-state index in [9.17, 15) is 4.79 Å². The minimum absolute atomic E-state index is 0.770. The van der Waals surface area contributed by atoms with Crippen molar-refractivity contribution in [1.82, 2.24) is 0 Å². The Bertz CT molecular complexity index is 653. The number of hydrogen-bond donors (Lipinski definition) is 1. The van der Waals surface area contributed by atoms with Crippen LogP contribution in [0.4, 0.5) is 0 Å². The first kappa shape index (κ1) is 11.0. The Balaban J connectivity index is 2.05. The molecule has 90 valence electrons. The molecule has 0 spiro atoms. The van der Waals surface area contributed by atoms with Crippen LogP contribution in [0.15, 0.2) is 48.0 Å². The molecule has 3 rings (SSSR count). The van der Waals surface area contributed by atoms with E-state index in [1.807, 2.05) is 12.1 Å². The molecule has 2 heteroatoms. The van der Waals surface area contributed by atoms with Crippen LogP contribution >= 0.6 is 0 Å². The maximum Gasteiger partial charge on any atom is 0.328 e. The smallest absolute Gasteiger partial charge is 0.328 e. The lowest BCUT2D eigenvalue weighted by Crippen LogP contribution is -2.07. The fourth-order valence-electron chi connectivity index (χ4n) is 2.66. The van der Waals surface area contributed by atoms with Crippen molar-refractivity contribution in [3.8, 4) is 0 Å². The summed E-state index contributed by atoms with van der Waals surface area (Å²) >= 11 is 0. The van der Waals surface area contributed by atoms with Crippen LogP contribution in [0.3, 0.4) is 0 Å². The molecule has 0 radical (unpaired) electrons. The zero-order chi connectivity index (χ0) is 12.5. The number of carbonyl (C=O) groups is 1. The Morgan fingerprint density at radius 2 is 1.72 bits per heavy atom. The van der Waals surface area contributed by atoms with Crippen LogP contribution in [0, 0.1) is 0 Å². The number of carboxylic acid groups (broad SMARTS) is 1. The average Bonchev–Trinajstić information content (AvgIpc) is 2.35. The number of benzene rings is 2. The summed E-state index contributed by atoms with van der Waals surface area (Å²) in [5, 5.41) is 11.3. The first-order valence-corrected chi connectivity index (χ1v) is 6.15.